The van der Waals surface area contributed by atoms with Gasteiger partial charge in [0.15, 0.2) is 0 Å². The summed E-state index contributed by atoms with van der Waals surface area (Å²) in [5.74, 6) is 0.356. The molecule has 2 saturated heterocycles. The quantitative estimate of drug-likeness (QED) is 0.368. The average molecular weight is 421 g/mol. The van der Waals surface area contributed by atoms with Gasteiger partial charge in [-0.05, 0) is 6.07 Å². The number of morpholine rings is 1. The molecule has 2 aromatic rings. The minimum absolute atomic E-state index is 0. The van der Waals surface area contributed by atoms with Gasteiger partial charge in [-0.25, -0.2) is 14.6 Å². The van der Waals surface area contributed by atoms with E-state index in [2.05, 4.69) is 9.97 Å². The predicted molar refractivity (Wildman–Crippen MR) is 92.4 cm³/mol. The van der Waals surface area contributed by atoms with Crippen molar-refractivity contribution >= 4 is 24.6 Å². The predicted octanol–water partition coefficient (Wildman–Crippen LogP) is -3.52. The summed E-state index contributed by atoms with van der Waals surface area (Å²) in [5.41, 5.74) is 6.42. The van der Waals surface area contributed by atoms with E-state index in [0.29, 0.717) is 30.1 Å². The maximum Gasteiger partial charge on any atom is 1.00 e. The van der Waals surface area contributed by atoms with Gasteiger partial charge in [0.2, 0.25) is 7.75 Å². The van der Waals surface area contributed by atoms with E-state index in [1.807, 2.05) is 0 Å². The Labute approximate surface area is 183 Å². The first-order chi connectivity index (χ1) is 13.0. The Hall–Kier alpha value is -0.590. The van der Waals surface area contributed by atoms with E-state index >= 15 is 0 Å². The number of anilines is 1. The van der Waals surface area contributed by atoms with Gasteiger partial charge in [-0.1, -0.05) is 0 Å². The van der Waals surface area contributed by atoms with Crippen molar-refractivity contribution in [2.75, 3.05) is 38.6 Å². The van der Waals surface area contributed by atoms with Crippen LogP contribution in [0, 0.1) is 0 Å². The topological polar surface area (TPSA) is 148 Å². The van der Waals surface area contributed by atoms with Crippen LogP contribution in [0.3, 0.4) is 0 Å². The summed E-state index contributed by atoms with van der Waals surface area (Å²) in [6.45, 7) is 0.936. The third kappa shape index (κ3) is 4.44. The third-order valence-electron chi connectivity index (χ3n) is 4.79. The number of nitrogen functional groups attached to an aromatic ring is 1. The fourth-order valence-electron chi connectivity index (χ4n) is 3.31. The molecule has 0 bridgehead atoms. The Morgan fingerprint density at radius 2 is 2.14 bits per heavy atom. The molecule has 1 unspecified atom stereocenters. The molecule has 11 nitrogen and oxygen atoms in total. The second-order valence-corrected chi connectivity index (χ2v) is 8.24. The summed E-state index contributed by atoms with van der Waals surface area (Å²) in [4.78, 5) is 20.4. The van der Waals surface area contributed by atoms with Gasteiger partial charge < -0.3 is 34.3 Å². The zero-order valence-corrected chi connectivity index (χ0v) is 18.4. The molecule has 148 valence electrons. The maximum atomic E-state index is 12.3. The molecule has 28 heavy (non-hydrogen) atoms. The molecular formula is C15H21N5NaO6P. The Balaban J connectivity index is 0.00000225. The Bertz CT molecular complexity index is 863. The van der Waals surface area contributed by atoms with Gasteiger partial charge in [-0.15, -0.1) is 0 Å². The van der Waals surface area contributed by atoms with Crippen molar-refractivity contribution in [2.24, 2.45) is 0 Å². The molecule has 0 spiro atoms. The zero-order chi connectivity index (χ0) is 19.0. The van der Waals surface area contributed by atoms with Crippen molar-refractivity contribution in [3.63, 3.8) is 0 Å². The van der Waals surface area contributed by atoms with Gasteiger partial charge in [0.25, 0.3) is 0 Å². The van der Waals surface area contributed by atoms with E-state index in [9.17, 15) is 14.6 Å². The molecule has 2 aliphatic rings. The molecule has 0 amide bonds. The largest absolute Gasteiger partial charge is 1.00 e. The number of nitrogens with two attached hydrogens (primary N) is 1. The van der Waals surface area contributed by atoms with E-state index in [1.54, 1.807) is 16.8 Å². The van der Waals surface area contributed by atoms with Gasteiger partial charge in [0.05, 0.1) is 31.3 Å². The molecule has 0 aromatic carbocycles. The van der Waals surface area contributed by atoms with Crippen molar-refractivity contribution in [1.82, 2.24) is 19.2 Å². The first-order valence-corrected chi connectivity index (χ1v) is 10.1. The number of aromatic nitrogens is 3. The fourth-order valence-corrected chi connectivity index (χ4v) is 4.46. The number of hydrogen-bond donors (Lipinski definition) is 2. The van der Waals surface area contributed by atoms with Crippen molar-refractivity contribution < 1.29 is 58.1 Å². The molecule has 4 atom stereocenters. The molecule has 2 fully saturated rings. The number of ether oxygens (including phenoxy) is 2. The van der Waals surface area contributed by atoms with Crippen LogP contribution in [0.5, 0.6) is 0 Å². The number of aliphatic hydroxyl groups excluding tert-OH is 1. The van der Waals surface area contributed by atoms with Gasteiger partial charge in [-0.3, -0.25) is 4.57 Å². The van der Waals surface area contributed by atoms with E-state index in [4.69, 9.17) is 19.7 Å². The smallest absolute Gasteiger partial charge is 0.766 e. The van der Waals surface area contributed by atoms with Crippen molar-refractivity contribution in [3.05, 3.63) is 18.6 Å². The molecule has 2 aromatic heterocycles. The van der Waals surface area contributed by atoms with Crippen LogP contribution in [0.2, 0.25) is 0 Å². The molecule has 4 heterocycles. The SMILES string of the molecule is Nc1ncnc2c1ccn2[C@H]1C[C@H](O)[C@@H](COP(=O)([O-])N2CCOCC2)O1.[Na+]. The van der Waals surface area contributed by atoms with Gasteiger partial charge >= 0.3 is 29.6 Å². The Kier molecular flexibility index (Phi) is 7.14. The van der Waals surface area contributed by atoms with Crippen LogP contribution >= 0.6 is 7.75 Å². The molecule has 13 heteroatoms. The number of nitrogens with zero attached hydrogens (tertiary/aromatic N) is 4. The van der Waals surface area contributed by atoms with Crippen LogP contribution in [-0.2, 0) is 18.6 Å². The molecule has 0 saturated carbocycles. The summed E-state index contributed by atoms with van der Waals surface area (Å²) >= 11 is 0. The minimum atomic E-state index is -4.20. The summed E-state index contributed by atoms with van der Waals surface area (Å²) in [5, 5.41) is 11.0. The van der Waals surface area contributed by atoms with E-state index in [0.717, 1.165) is 0 Å². The van der Waals surface area contributed by atoms with Crippen LogP contribution < -0.4 is 40.2 Å². The fraction of sp³-hybridized carbons (Fsp3) is 0.600. The van der Waals surface area contributed by atoms with E-state index in [-0.39, 0.29) is 55.7 Å². The summed E-state index contributed by atoms with van der Waals surface area (Å²) in [6.07, 6.45) is 1.25. The van der Waals surface area contributed by atoms with Gasteiger partial charge in [0, 0.05) is 25.7 Å². The summed E-state index contributed by atoms with van der Waals surface area (Å²) in [7, 11) is -4.20. The van der Waals surface area contributed by atoms with Crippen molar-refractivity contribution in [2.45, 2.75) is 24.9 Å². The summed E-state index contributed by atoms with van der Waals surface area (Å²) in [6, 6.07) is 1.77. The summed E-state index contributed by atoms with van der Waals surface area (Å²) < 4.78 is 31.4. The first-order valence-electron chi connectivity index (χ1n) is 8.65. The van der Waals surface area contributed by atoms with E-state index in [1.165, 1.54) is 11.0 Å². The number of aliphatic hydroxyl groups is 1. The number of hydrogen-bond acceptors (Lipinski definition) is 9. The number of fused-ring (bicyclic) bond motifs is 1. The van der Waals surface area contributed by atoms with E-state index < -0.39 is 26.2 Å². The van der Waals surface area contributed by atoms with Crippen LogP contribution in [0.4, 0.5) is 5.82 Å². The zero-order valence-electron chi connectivity index (χ0n) is 15.5. The molecule has 3 N–H and O–H groups in total. The molecule has 0 radical (unpaired) electrons. The second-order valence-electron chi connectivity index (χ2n) is 6.48. The first kappa shape index (κ1) is 22.1. The van der Waals surface area contributed by atoms with Gasteiger partial charge in [-0.2, -0.15) is 0 Å². The average Bonchev–Trinajstić information content (AvgIpc) is 3.25. The second kappa shape index (κ2) is 9.05. The van der Waals surface area contributed by atoms with Crippen LogP contribution in [0.1, 0.15) is 12.6 Å². The minimum Gasteiger partial charge on any atom is -0.766 e. The normalized spacial score (nSPS) is 28.1. The monoisotopic (exact) mass is 421 g/mol. The van der Waals surface area contributed by atoms with Crippen LogP contribution in [0.25, 0.3) is 11.0 Å². The maximum absolute atomic E-state index is 12.3. The van der Waals surface area contributed by atoms with Gasteiger partial charge in [0.1, 0.15) is 30.1 Å². The Morgan fingerprint density at radius 3 is 2.89 bits per heavy atom. The van der Waals surface area contributed by atoms with Crippen molar-refractivity contribution in [3.8, 4) is 0 Å². The third-order valence-corrected chi connectivity index (χ3v) is 6.36. The molecule has 2 aliphatic heterocycles. The molecule has 4 rings (SSSR count). The van der Waals surface area contributed by atoms with Crippen LogP contribution in [-0.4, -0.2) is 69.4 Å². The Morgan fingerprint density at radius 1 is 1.39 bits per heavy atom. The van der Waals surface area contributed by atoms with Crippen LogP contribution in [0.15, 0.2) is 18.6 Å². The number of rotatable bonds is 5. The van der Waals surface area contributed by atoms with Crippen molar-refractivity contribution in [1.29, 1.82) is 0 Å². The molecular weight excluding hydrogens is 400 g/mol. The molecule has 0 aliphatic carbocycles. The standard InChI is InChI=1S/C15H22N5O6P.Na/c16-14-10-1-2-20(15(10)18-9-17-14)13-7-11(21)12(26-13)8-25-27(22,23)19-3-5-24-6-4-19;/h1-2,9,11-13,21H,3-8H2,(H,22,23)(H2,16,17,18);/q;+1/p-1/t11-,12+,13+;/m0./s1.